The largest absolute Gasteiger partial charge is 0.748 e. The zero-order valence-corrected chi connectivity index (χ0v) is 25.8. The Kier molecular flexibility index (Phi) is 11.5. The van der Waals surface area contributed by atoms with Crippen LogP contribution in [0.2, 0.25) is 0 Å². The second-order valence-electron chi connectivity index (χ2n) is 10.3. The van der Waals surface area contributed by atoms with E-state index in [0.29, 0.717) is 0 Å². The lowest BCUT2D eigenvalue weighted by atomic mass is 9.79. The van der Waals surface area contributed by atoms with Gasteiger partial charge in [-0.3, -0.25) is 18.9 Å². The maximum Gasteiger partial charge on any atom is 0.309 e. The number of hydrogen-bond acceptors (Lipinski definition) is 12. The number of carbonyl (C=O) groups is 3. The molecule has 46 heavy (non-hydrogen) atoms. The number of ketones is 1. The number of Topliss-reactive ketones (excluding diaryl/α,β-unsaturated/α-hetero) is 1. The van der Waals surface area contributed by atoms with Crippen molar-refractivity contribution in [2.75, 3.05) is 42.6 Å². The molecule has 0 atom stereocenters. The summed E-state index contributed by atoms with van der Waals surface area (Å²) in [6, 6.07) is 3.92. The van der Waals surface area contributed by atoms with Crippen LogP contribution in [0.1, 0.15) is 31.2 Å². The summed E-state index contributed by atoms with van der Waals surface area (Å²) in [4.78, 5) is 36.8. The molecule has 0 saturated heterocycles. The molecule has 2 aliphatic rings. The fourth-order valence-electron chi connectivity index (χ4n) is 4.83. The number of hydrogen-bond donors (Lipinski definition) is 6. The second kappa shape index (κ2) is 14.7. The Hall–Kier alpha value is -4.52. The summed E-state index contributed by atoms with van der Waals surface area (Å²) in [6.45, 7) is -0.161. The number of anilines is 1. The summed E-state index contributed by atoms with van der Waals surface area (Å²) in [5.41, 5.74) is -0.152. The molecule has 0 aromatic heterocycles. The molecule has 0 radical (unpaired) electrons. The van der Waals surface area contributed by atoms with E-state index in [0.717, 1.165) is 0 Å². The highest BCUT2D eigenvalue weighted by Crippen LogP contribution is 2.43. The van der Waals surface area contributed by atoms with Crippen molar-refractivity contribution in [3.8, 4) is 5.75 Å². The van der Waals surface area contributed by atoms with E-state index in [9.17, 15) is 51.1 Å². The van der Waals surface area contributed by atoms with Gasteiger partial charge in [0.25, 0.3) is 10.1 Å². The third kappa shape index (κ3) is 9.74. The van der Waals surface area contributed by atoms with E-state index < -0.39 is 66.7 Å². The third-order valence-corrected chi connectivity index (χ3v) is 8.60. The lowest BCUT2D eigenvalue weighted by Crippen LogP contribution is -2.29. The Labute approximate surface area is 263 Å². The summed E-state index contributed by atoms with van der Waals surface area (Å²) in [5, 5.41) is 50.4. The van der Waals surface area contributed by atoms with Gasteiger partial charge in [0.05, 0.1) is 39.5 Å². The van der Waals surface area contributed by atoms with Crippen molar-refractivity contribution < 1.29 is 70.4 Å². The number of aliphatic carboxylic acids is 2. The van der Waals surface area contributed by atoms with Crippen molar-refractivity contribution in [2.45, 2.75) is 25.7 Å². The summed E-state index contributed by atoms with van der Waals surface area (Å²) < 4.78 is 65.5. The van der Waals surface area contributed by atoms with Crippen molar-refractivity contribution in [1.29, 1.82) is 0 Å². The number of rotatable bonds is 16. The third-order valence-electron chi connectivity index (χ3n) is 7.00. The fraction of sp³-hybridized carbons (Fsp3) is 0.357. The normalized spacial score (nSPS) is 17.9. The van der Waals surface area contributed by atoms with E-state index in [2.05, 4.69) is 0 Å². The zero-order valence-electron chi connectivity index (χ0n) is 24.2. The van der Waals surface area contributed by atoms with Crippen LogP contribution in [0.5, 0.6) is 5.75 Å². The number of aliphatic hydroxyl groups excluding tert-OH is 2. The molecular formula is C28H32N2O14S2. The predicted molar refractivity (Wildman–Crippen MR) is 161 cm³/mol. The van der Waals surface area contributed by atoms with Gasteiger partial charge in [-0.15, -0.1) is 0 Å². The molecule has 0 fully saturated rings. The number of phenolic OH excluding ortho intramolecular Hbond substituents is 1. The SMILES string of the molecule is O=C(O)CCN(CCCS(=O)(=O)O)c1ccc(C2=C(O)/C(=C3/C=CC(=[N+](CCCS(=O)(=O)[O-])CCC(=O)O)C=C3O)C2=O)c(O)c1. The quantitative estimate of drug-likeness (QED) is 0.0804. The first-order chi connectivity index (χ1) is 21.4. The number of carboxylic acid groups (broad SMARTS) is 2. The smallest absolute Gasteiger partial charge is 0.309 e. The lowest BCUT2D eigenvalue weighted by molar-refractivity contribution is -0.525. The number of aromatic hydroxyl groups is 1. The van der Waals surface area contributed by atoms with Crippen molar-refractivity contribution >= 4 is 54.9 Å². The molecule has 1 aromatic rings. The molecule has 2 aliphatic carbocycles. The molecule has 0 amide bonds. The summed E-state index contributed by atoms with van der Waals surface area (Å²) in [6.07, 6.45) is 3.08. The molecule has 0 unspecified atom stereocenters. The van der Waals surface area contributed by atoms with Crippen LogP contribution in [0.15, 0.2) is 59.1 Å². The first-order valence-electron chi connectivity index (χ1n) is 13.7. The molecule has 0 heterocycles. The molecule has 0 bridgehead atoms. The molecule has 18 heteroatoms. The van der Waals surface area contributed by atoms with Gasteiger partial charge in [-0.05, 0) is 24.6 Å². The standard InChI is InChI=1S/C28H32N2O14S2/c31-21-15-17(29(11-7-23(33)34)9-1-13-45(39,40)41)3-5-19(21)25-27(37)26(28(25)38)20-6-4-18(16-22(20)32)30(12-8-24(35)36)10-2-14-46(42,43)44/h3-6,15-16H,1-2,7-14H2,(H6,31,32,33,34,35,36,37,38,39,40,41,42,43,44). The molecule has 3 rings (SSSR count). The van der Waals surface area contributed by atoms with E-state index in [1.807, 2.05) is 0 Å². The van der Waals surface area contributed by atoms with Gasteiger partial charge in [0, 0.05) is 54.2 Å². The van der Waals surface area contributed by atoms with Crippen LogP contribution in [0, 0.1) is 0 Å². The molecule has 6 N–H and O–H groups in total. The van der Waals surface area contributed by atoms with E-state index in [1.165, 1.54) is 45.9 Å². The van der Waals surface area contributed by atoms with Gasteiger partial charge in [-0.25, -0.2) is 13.0 Å². The average Bonchev–Trinajstić information content (AvgIpc) is 2.93. The van der Waals surface area contributed by atoms with Crippen molar-refractivity contribution in [1.82, 2.24) is 0 Å². The van der Waals surface area contributed by atoms with Gasteiger partial charge in [0.15, 0.2) is 6.54 Å². The van der Waals surface area contributed by atoms with Crippen molar-refractivity contribution in [3.63, 3.8) is 0 Å². The van der Waals surface area contributed by atoms with Crippen molar-refractivity contribution in [3.05, 3.63) is 64.7 Å². The van der Waals surface area contributed by atoms with Crippen LogP contribution in [-0.2, 0) is 34.6 Å². The minimum Gasteiger partial charge on any atom is -0.748 e. The van der Waals surface area contributed by atoms with E-state index >= 15 is 0 Å². The molecule has 0 saturated carbocycles. The molecule has 250 valence electrons. The first kappa shape index (κ1) is 36.0. The summed E-state index contributed by atoms with van der Waals surface area (Å²) in [7, 11) is -8.76. The Morgan fingerprint density at radius 3 is 2.09 bits per heavy atom. The highest BCUT2D eigenvalue weighted by molar-refractivity contribution is 7.85. The number of carbonyl (C=O) groups excluding carboxylic acids is 1. The predicted octanol–water partition coefficient (Wildman–Crippen LogP) is 0.975. The Balaban J connectivity index is 1.90. The minimum absolute atomic E-state index is 0.0113. The number of carboxylic acids is 2. The minimum atomic E-state index is -4.51. The summed E-state index contributed by atoms with van der Waals surface area (Å²) >= 11 is 0. The fourth-order valence-corrected chi connectivity index (χ4v) is 5.81. The maximum atomic E-state index is 13.1. The monoisotopic (exact) mass is 684 g/mol. The molecular weight excluding hydrogens is 652 g/mol. The average molecular weight is 685 g/mol. The summed E-state index contributed by atoms with van der Waals surface area (Å²) in [5.74, 6) is -5.74. The van der Waals surface area contributed by atoms with Gasteiger partial charge >= 0.3 is 11.9 Å². The first-order valence-corrected chi connectivity index (χ1v) is 16.9. The van der Waals surface area contributed by atoms with Gasteiger partial charge in [-0.2, -0.15) is 8.42 Å². The van der Waals surface area contributed by atoms with E-state index in [1.54, 1.807) is 0 Å². The number of aliphatic hydroxyl groups is 2. The van der Waals surface area contributed by atoms with Crippen LogP contribution in [-0.4, -0.2) is 117 Å². The molecule has 1 aromatic carbocycles. The van der Waals surface area contributed by atoms with Crippen LogP contribution >= 0.6 is 0 Å². The topological polar surface area (TPSA) is 270 Å². The highest BCUT2D eigenvalue weighted by atomic mass is 32.2. The molecule has 0 aliphatic heterocycles. The molecule has 0 spiro atoms. The highest BCUT2D eigenvalue weighted by Gasteiger charge is 2.39. The Bertz CT molecular complexity index is 1800. The van der Waals surface area contributed by atoms with E-state index in [4.69, 9.17) is 14.8 Å². The Morgan fingerprint density at radius 1 is 0.870 bits per heavy atom. The van der Waals surface area contributed by atoms with Crippen molar-refractivity contribution in [2.24, 2.45) is 0 Å². The lowest BCUT2D eigenvalue weighted by Gasteiger charge is -2.27. The van der Waals surface area contributed by atoms with Gasteiger partial charge in [0.2, 0.25) is 11.5 Å². The number of benzene rings is 1. The van der Waals surface area contributed by atoms with Crippen LogP contribution in [0.25, 0.3) is 5.57 Å². The van der Waals surface area contributed by atoms with E-state index in [-0.39, 0.29) is 85.5 Å². The zero-order chi connectivity index (χ0) is 34.4. The number of allylic oxidation sites excluding steroid dienone is 5. The van der Waals surface area contributed by atoms with Gasteiger partial charge < -0.3 is 35.0 Å². The number of nitrogens with zero attached hydrogens (tertiary/aromatic N) is 2. The maximum absolute atomic E-state index is 13.1. The second-order valence-corrected chi connectivity index (χ2v) is 13.4. The molecule has 16 nitrogen and oxygen atoms in total. The van der Waals surface area contributed by atoms with Gasteiger partial charge in [0.1, 0.15) is 30.2 Å². The number of phenols is 1. The van der Waals surface area contributed by atoms with Crippen LogP contribution in [0.4, 0.5) is 5.69 Å². The van der Waals surface area contributed by atoms with Crippen LogP contribution < -0.4 is 4.90 Å². The van der Waals surface area contributed by atoms with Crippen LogP contribution in [0.3, 0.4) is 0 Å². The van der Waals surface area contributed by atoms with Gasteiger partial charge in [-0.1, -0.05) is 0 Å². The Morgan fingerprint density at radius 2 is 1.54 bits per heavy atom.